The van der Waals surface area contributed by atoms with Gasteiger partial charge in [-0.15, -0.1) is 0 Å². The Morgan fingerprint density at radius 3 is 2.72 bits per heavy atom. The van der Waals surface area contributed by atoms with E-state index in [0.717, 1.165) is 0 Å². The number of nitrogens with two attached hydrogens (primary N) is 1. The van der Waals surface area contributed by atoms with Crippen molar-refractivity contribution in [1.82, 2.24) is 9.97 Å². The topological polar surface area (TPSA) is 98.4 Å². The van der Waals surface area contributed by atoms with E-state index in [4.69, 9.17) is 10.6 Å². The molecule has 1 aliphatic rings. The quantitative estimate of drug-likeness (QED) is 0.733. The number of nitrogens with zero attached hydrogens (tertiary/aromatic N) is 3. The minimum atomic E-state index is -0.659. The molecule has 0 saturated heterocycles. The van der Waals surface area contributed by atoms with Crippen molar-refractivity contribution in [2.24, 2.45) is 5.73 Å². The van der Waals surface area contributed by atoms with Crippen LogP contribution in [0.4, 0.5) is 10.1 Å². The maximum atomic E-state index is 13.4. The number of anilines is 1. The first kappa shape index (κ1) is 18.5. The lowest BCUT2D eigenvalue weighted by molar-refractivity contribution is -0.119. The summed E-state index contributed by atoms with van der Waals surface area (Å²) in [6, 6.07) is 13.0. The number of hydrogen-bond donors (Lipinski definition) is 1. The summed E-state index contributed by atoms with van der Waals surface area (Å²) in [6.45, 7) is 1.78. The molecular formula is C21H17FN4O3. The molecule has 7 nitrogen and oxygen atoms in total. The van der Waals surface area contributed by atoms with Crippen molar-refractivity contribution in [3.05, 3.63) is 77.4 Å². The predicted octanol–water partition coefficient (Wildman–Crippen LogP) is 2.75. The number of rotatable bonds is 4. The first-order valence-corrected chi connectivity index (χ1v) is 8.91. The summed E-state index contributed by atoms with van der Waals surface area (Å²) >= 11 is 0. The molecule has 2 aromatic carbocycles. The molecule has 8 heteroatoms. The fourth-order valence-corrected chi connectivity index (χ4v) is 3.28. The largest absolute Gasteiger partial charge is 0.369 e. The van der Waals surface area contributed by atoms with Gasteiger partial charge in [-0.3, -0.25) is 4.79 Å². The molecule has 0 radical (unpaired) electrons. The van der Waals surface area contributed by atoms with E-state index in [0.29, 0.717) is 28.3 Å². The standard InChI is InChI=1S/C21H17FN4O3/c1-12-16(10-24-20(25-12)13-5-4-6-14(22)9-13)21(28)29-26-11-17(19(23)27)15-7-2-3-8-18(15)26/h2-10,17H,11H2,1H3,(H2,23,27). The number of amides is 1. The zero-order valence-electron chi connectivity index (χ0n) is 15.5. The van der Waals surface area contributed by atoms with E-state index >= 15 is 0 Å². The van der Waals surface area contributed by atoms with Gasteiger partial charge in [-0.25, -0.2) is 24.2 Å². The summed E-state index contributed by atoms with van der Waals surface area (Å²) in [5.41, 5.74) is 7.86. The second-order valence-corrected chi connectivity index (χ2v) is 6.66. The van der Waals surface area contributed by atoms with E-state index in [2.05, 4.69) is 9.97 Å². The molecule has 1 amide bonds. The van der Waals surface area contributed by atoms with E-state index in [1.165, 1.54) is 23.4 Å². The Labute approximate surface area is 165 Å². The number of para-hydroxylation sites is 1. The third-order valence-electron chi connectivity index (χ3n) is 4.75. The van der Waals surface area contributed by atoms with Crippen LogP contribution in [-0.4, -0.2) is 28.4 Å². The van der Waals surface area contributed by atoms with Crippen LogP contribution >= 0.6 is 0 Å². The monoisotopic (exact) mass is 392 g/mol. The zero-order valence-corrected chi connectivity index (χ0v) is 15.5. The van der Waals surface area contributed by atoms with Crippen molar-refractivity contribution in [3.63, 3.8) is 0 Å². The first-order chi connectivity index (χ1) is 13.9. The maximum absolute atomic E-state index is 13.4. The molecule has 146 valence electrons. The molecule has 2 heterocycles. The van der Waals surface area contributed by atoms with Gasteiger partial charge in [0.25, 0.3) is 0 Å². The van der Waals surface area contributed by atoms with E-state index in [-0.39, 0.29) is 12.1 Å². The Morgan fingerprint density at radius 1 is 1.21 bits per heavy atom. The summed E-state index contributed by atoms with van der Waals surface area (Å²) < 4.78 is 13.4. The van der Waals surface area contributed by atoms with E-state index < -0.39 is 23.6 Å². The van der Waals surface area contributed by atoms with Gasteiger partial charge >= 0.3 is 5.97 Å². The highest BCUT2D eigenvalue weighted by Gasteiger charge is 2.34. The maximum Gasteiger partial charge on any atom is 0.366 e. The molecule has 4 rings (SSSR count). The molecule has 1 atom stereocenters. The summed E-state index contributed by atoms with van der Waals surface area (Å²) in [7, 11) is 0. The van der Waals surface area contributed by atoms with Crippen LogP contribution in [0.3, 0.4) is 0 Å². The van der Waals surface area contributed by atoms with Crippen LogP contribution in [-0.2, 0) is 9.63 Å². The molecule has 1 aliphatic heterocycles. The minimum absolute atomic E-state index is 0.141. The smallest absolute Gasteiger partial charge is 0.366 e. The number of hydroxylamine groups is 1. The summed E-state index contributed by atoms with van der Waals surface area (Å²) in [5, 5.41) is 1.35. The summed E-state index contributed by atoms with van der Waals surface area (Å²) in [6.07, 6.45) is 1.35. The van der Waals surface area contributed by atoms with Gasteiger partial charge in [-0.05, 0) is 30.7 Å². The van der Waals surface area contributed by atoms with Crippen molar-refractivity contribution in [1.29, 1.82) is 0 Å². The average molecular weight is 392 g/mol. The number of fused-ring (bicyclic) bond motifs is 1. The van der Waals surface area contributed by atoms with Crippen molar-refractivity contribution < 1.29 is 18.8 Å². The van der Waals surface area contributed by atoms with Crippen LogP contribution in [0.2, 0.25) is 0 Å². The first-order valence-electron chi connectivity index (χ1n) is 8.91. The van der Waals surface area contributed by atoms with Crippen LogP contribution in [0.5, 0.6) is 0 Å². The number of primary amides is 1. The van der Waals surface area contributed by atoms with Crippen LogP contribution in [0.15, 0.2) is 54.7 Å². The third kappa shape index (κ3) is 3.52. The van der Waals surface area contributed by atoms with Crippen molar-refractivity contribution in [2.45, 2.75) is 12.8 Å². The molecule has 0 bridgehead atoms. The van der Waals surface area contributed by atoms with Crippen LogP contribution in [0.25, 0.3) is 11.4 Å². The van der Waals surface area contributed by atoms with E-state index in [1.807, 2.05) is 0 Å². The second-order valence-electron chi connectivity index (χ2n) is 6.66. The van der Waals surface area contributed by atoms with Crippen molar-refractivity contribution >= 4 is 17.6 Å². The van der Waals surface area contributed by atoms with E-state index in [1.54, 1.807) is 43.3 Å². The van der Waals surface area contributed by atoms with Gasteiger partial charge in [0.05, 0.1) is 23.8 Å². The highest BCUT2D eigenvalue weighted by molar-refractivity contribution is 5.92. The van der Waals surface area contributed by atoms with Gasteiger partial charge in [0.1, 0.15) is 11.4 Å². The zero-order chi connectivity index (χ0) is 20.5. The Morgan fingerprint density at radius 2 is 2.00 bits per heavy atom. The Bertz CT molecular complexity index is 1120. The van der Waals surface area contributed by atoms with Crippen molar-refractivity contribution in [3.8, 4) is 11.4 Å². The molecule has 0 spiro atoms. The lowest BCUT2D eigenvalue weighted by atomic mass is 10.0. The second kappa shape index (κ2) is 7.31. The molecule has 3 aromatic rings. The molecule has 2 N–H and O–H groups in total. The lowest BCUT2D eigenvalue weighted by Gasteiger charge is -2.18. The SMILES string of the molecule is Cc1nc(-c2cccc(F)c2)ncc1C(=O)ON1CC(C(N)=O)c2ccccc21. The molecule has 0 saturated carbocycles. The molecule has 0 fully saturated rings. The fraction of sp³-hybridized carbons (Fsp3) is 0.143. The van der Waals surface area contributed by atoms with Gasteiger partial charge in [-0.1, -0.05) is 30.3 Å². The number of hydrogen-bond acceptors (Lipinski definition) is 6. The Balaban J connectivity index is 1.57. The Hall–Kier alpha value is -3.81. The predicted molar refractivity (Wildman–Crippen MR) is 103 cm³/mol. The summed E-state index contributed by atoms with van der Waals surface area (Å²) in [4.78, 5) is 38.4. The number of aryl methyl sites for hydroxylation is 1. The minimum Gasteiger partial charge on any atom is -0.369 e. The Kier molecular flexibility index (Phi) is 4.67. The lowest BCUT2D eigenvalue weighted by Crippen LogP contribution is -2.30. The normalized spacial score (nSPS) is 15.1. The molecule has 29 heavy (non-hydrogen) atoms. The fourth-order valence-electron chi connectivity index (χ4n) is 3.28. The molecular weight excluding hydrogens is 375 g/mol. The number of carbonyl (C=O) groups excluding carboxylic acids is 2. The van der Waals surface area contributed by atoms with Gasteiger partial charge in [0.15, 0.2) is 5.82 Å². The molecule has 1 aromatic heterocycles. The molecule has 1 unspecified atom stereocenters. The summed E-state index contributed by atoms with van der Waals surface area (Å²) in [5.74, 6) is -1.81. The van der Waals surface area contributed by atoms with Gasteiger partial charge in [0, 0.05) is 11.8 Å². The average Bonchev–Trinajstić information content (AvgIpc) is 3.07. The number of aromatic nitrogens is 2. The third-order valence-corrected chi connectivity index (χ3v) is 4.75. The van der Waals surface area contributed by atoms with Crippen LogP contribution < -0.4 is 10.8 Å². The molecule has 0 aliphatic carbocycles. The van der Waals surface area contributed by atoms with Gasteiger partial charge in [-0.2, -0.15) is 0 Å². The van der Waals surface area contributed by atoms with Gasteiger partial charge < -0.3 is 10.6 Å². The number of halogens is 1. The highest BCUT2D eigenvalue weighted by atomic mass is 19.1. The van der Waals surface area contributed by atoms with Crippen molar-refractivity contribution in [2.75, 3.05) is 11.6 Å². The van der Waals surface area contributed by atoms with E-state index in [9.17, 15) is 14.0 Å². The van der Waals surface area contributed by atoms with Crippen LogP contribution in [0.1, 0.15) is 27.5 Å². The number of benzene rings is 2. The number of carbonyl (C=O) groups is 2. The van der Waals surface area contributed by atoms with Gasteiger partial charge in [0.2, 0.25) is 5.91 Å². The van der Waals surface area contributed by atoms with Crippen LogP contribution in [0, 0.1) is 12.7 Å². The highest BCUT2D eigenvalue weighted by Crippen LogP contribution is 2.36.